The summed E-state index contributed by atoms with van der Waals surface area (Å²) in [6, 6.07) is 8.32. The Kier molecular flexibility index (Phi) is 4.18. The Bertz CT molecular complexity index is 659. The van der Waals surface area contributed by atoms with Gasteiger partial charge in [-0.25, -0.2) is 0 Å². The third-order valence-corrected chi connectivity index (χ3v) is 5.49. The van der Waals surface area contributed by atoms with Crippen LogP contribution in [0.2, 0.25) is 0 Å². The molecule has 0 N–H and O–H groups in total. The number of hydrogen-bond donors (Lipinski definition) is 0. The number of halogens is 1. The van der Waals surface area contributed by atoms with Crippen molar-refractivity contribution in [2.24, 2.45) is 0 Å². The first-order chi connectivity index (χ1) is 10.1. The van der Waals surface area contributed by atoms with Crippen molar-refractivity contribution in [3.05, 3.63) is 55.7 Å². The Morgan fingerprint density at radius 2 is 2.24 bits per heavy atom. The predicted octanol–water partition coefficient (Wildman–Crippen LogP) is 4.97. The lowest BCUT2D eigenvalue weighted by Gasteiger charge is -2.35. The van der Waals surface area contributed by atoms with Crippen LogP contribution in [0.1, 0.15) is 45.7 Å². The van der Waals surface area contributed by atoms with E-state index in [2.05, 4.69) is 34.3 Å². The topological polar surface area (TPSA) is 20.3 Å². The van der Waals surface area contributed by atoms with E-state index >= 15 is 0 Å². The van der Waals surface area contributed by atoms with E-state index in [-0.39, 0.29) is 11.9 Å². The first-order valence-electron chi connectivity index (χ1n) is 7.24. The van der Waals surface area contributed by atoms with Crippen molar-refractivity contribution in [3.63, 3.8) is 0 Å². The van der Waals surface area contributed by atoms with Crippen molar-refractivity contribution in [2.45, 2.75) is 32.7 Å². The number of carbonyl (C=O) groups excluding carboxylic acids is 1. The van der Waals surface area contributed by atoms with Gasteiger partial charge in [0.15, 0.2) is 0 Å². The molecule has 1 atom stereocenters. The van der Waals surface area contributed by atoms with Gasteiger partial charge in [-0.2, -0.15) is 0 Å². The molecule has 2 aromatic rings. The van der Waals surface area contributed by atoms with Crippen LogP contribution in [-0.2, 0) is 6.42 Å². The SMILES string of the molecule is CCC1c2ccsc2CCN1C(=O)c1cc(C)cc(Br)c1. The summed E-state index contributed by atoms with van der Waals surface area (Å²) in [6.07, 6.45) is 1.94. The highest BCUT2D eigenvalue weighted by atomic mass is 79.9. The van der Waals surface area contributed by atoms with Crippen molar-refractivity contribution >= 4 is 33.2 Å². The number of thiophene rings is 1. The first-order valence-corrected chi connectivity index (χ1v) is 8.92. The third-order valence-electron chi connectivity index (χ3n) is 4.03. The van der Waals surface area contributed by atoms with Gasteiger partial charge in [-0.3, -0.25) is 4.79 Å². The molecule has 1 aliphatic heterocycles. The summed E-state index contributed by atoms with van der Waals surface area (Å²) >= 11 is 5.30. The maximum Gasteiger partial charge on any atom is 0.254 e. The van der Waals surface area contributed by atoms with Gasteiger partial charge >= 0.3 is 0 Å². The Morgan fingerprint density at radius 3 is 2.95 bits per heavy atom. The standard InChI is InChI=1S/C17H18BrNOS/c1-3-15-14-5-7-21-16(14)4-6-19(15)17(20)12-8-11(2)9-13(18)10-12/h5,7-10,15H,3-4,6H2,1-2H3. The zero-order chi connectivity index (χ0) is 15.0. The minimum atomic E-state index is 0.142. The van der Waals surface area contributed by atoms with Gasteiger partial charge in [-0.15, -0.1) is 11.3 Å². The molecular weight excluding hydrogens is 346 g/mol. The fourth-order valence-corrected chi connectivity index (χ4v) is 4.64. The van der Waals surface area contributed by atoms with Crippen molar-refractivity contribution in [2.75, 3.05) is 6.54 Å². The van der Waals surface area contributed by atoms with E-state index in [9.17, 15) is 4.79 Å². The van der Waals surface area contributed by atoms with E-state index in [0.29, 0.717) is 0 Å². The number of aryl methyl sites for hydroxylation is 1. The van der Waals surface area contributed by atoms with Crippen LogP contribution in [0.3, 0.4) is 0 Å². The number of hydrogen-bond acceptors (Lipinski definition) is 2. The summed E-state index contributed by atoms with van der Waals surface area (Å²) in [5.74, 6) is 0.142. The molecule has 2 nitrogen and oxygen atoms in total. The highest BCUT2D eigenvalue weighted by Gasteiger charge is 2.30. The largest absolute Gasteiger partial charge is 0.331 e. The average Bonchev–Trinajstić information content (AvgIpc) is 2.92. The number of nitrogens with zero attached hydrogens (tertiary/aromatic N) is 1. The molecule has 1 amide bonds. The molecule has 0 saturated heterocycles. The number of rotatable bonds is 2. The zero-order valence-corrected chi connectivity index (χ0v) is 14.6. The van der Waals surface area contributed by atoms with Crippen LogP contribution in [0.25, 0.3) is 0 Å². The molecule has 0 bridgehead atoms. The van der Waals surface area contributed by atoms with Gasteiger partial charge in [-0.1, -0.05) is 22.9 Å². The second-order valence-corrected chi connectivity index (χ2v) is 7.41. The van der Waals surface area contributed by atoms with E-state index in [1.54, 1.807) is 0 Å². The van der Waals surface area contributed by atoms with E-state index in [4.69, 9.17) is 0 Å². The number of benzene rings is 1. The average molecular weight is 364 g/mol. The summed E-state index contributed by atoms with van der Waals surface area (Å²) in [6.45, 7) is 4.99. The molecule has 0 fully saturated rings. The Balaban J connectivity index is 1.94. The predicted molar refractivity (Wildman–Crippen MR) is 91.0 cm³/mol. The molecule has 1 aromatic heterocycles. The van der Waals surface area contributed by atoms with Gasteiger partial charge in [0.25, 0.3) is 5.91 Å². The third kappa shape index (κ3) is 2.79. The monoisotopic (exact) mass is 363 g/mol. The summed E-state index contributed by atoms with van der Waals surface area (Å²) in [5, 5.41) is 2.14. The van der Waals surface area contributed by atoms with Crippen LogP contribution in [0.5, 0.6) is 0 Å². The molecular formula is C17H18BrNOS. The lowest BCUT2D eigenvalue weighted by molar-refractivity contribution is 0.0657. The van der Waals surface area contributed by atoms with Crippen molar-refractivity contribution in [1.82, 2.24) is 4.90 Å². The Labute approximate surface area is 137 Å². The molecule has 0 spiro atoms. The summed E-state index contributed by atoms with van der Waals surface area (Å²) in [4.78, 5) is 16.4. The maximum absolute atomic E-state index is 12.9. The summed E-state index contributed by atoms with van der Waals surface area (Å²) < 4.78 is 0.965. The molecule has 1 aromatic carbocycles. The first kappa shape index (κ1) is 14.8. The van der Waals surface area contributed by atoms with E-state index in [1.807, 2.05) is 41.4 Å². The summed E-state index contributed by atoms with van der Waals surface area (Å²) in [7, 11) is 0. The minimum Gasteiger partial charge on any atom is -0.331 e. The van der Waals surface area contributed by atoms with Gasteiger partial charge in [0.2, 0.25) is 0 Å². The molecule has 0 radical (unpaired) electrons. The number of fused-ring (bicyclic) bond motifs is 1. The zero-order valence-electron chi connectivity index (χ0n) is 12.2. The van der Waals surface area contributed by atoms with E-state index in [0.717, 1.165) is 35.0 Å². The van der Waals surface area contributed by atoms with Gasteiger partial charge < -0.3 is 4.90 Å². The van der Waals surface area contributed by atoms with Crippen LogP contribution in [0, 0.1) is 6.92 Å². The minimum absolute atomic E-state index is 0.142. The van der Waals surface area contributed by atoms with Crippen molar-refractivity contribution in [1.29, 1.82) is 0 Å². The smallest absolute Gasteiger partial charge is 0.254 e. The second-order valence-electron chi connectivity index (χ2n) is 5.49. The lowest BCUT2D eigenvalue weighted by Crippen LogP contribution is -2.39. The van der Waals surface area contributed by atoms with E-state index < -0.39 is 0 Å². The number of amides is 1. The van der Waals surface area contributed by atoms with E-state index in [1.165, 1.54) is 10.4 Å². The molecule has 110 valence electrons. The quantitative estimate of drug-likeness (QED) is 0.737. The molecule has 1 unspecified atom stereocenters. The maximum atomic E-state index is 12.9. The van der Waals surface area contributed by atoms with Crippen molar-refractivity contribution in [3.8, 4) is 0 Å². The van der Waals surface area contributed by atoms with Gasteiger partial charge in [0, 0.05) is 21.5 Å². The molecule has 21 heavy (non-hydrogen) atoms. The van der Waals surface area contributed by atoms with Crippen molar-refractivity contribution < 1.29 is 4.79 Å². The fraction of sp³-hybridized carbons (Fsp3) is 0.353. The second kappa shape index (κ2) is 5.93. The van der Waals surface area contributed by atoms with Crippen LogP contribution >= 0.6 is 27.3 Å². The molecule has 2 heterocycles. The lowest BCUT2D eigenvalue weighted by atomic mass is 9.96. The fourth-order valence-electron chi connectivity index (χ4n) is 3.11. The van der Waals surface area contributed by atoms with Crippen LogP contribution in [0.15, 0.2) is 34.1 Å². The van der Waals surface area contributed by atoms with Crippen LogP contribution in [-0.4, -0.2) is 17.4 Å². The molecule has 4 heteroatoms. The summed E-state index contributed by atoms with van der Waals surface area (Å²) in [5.41, 5.74) is 3.22. The molecule has 1 aliphatic rings. The molecule has 3 rings (SSSR count). The highest BCUT2D eigenvalue weighted by molar-refractivity contribution is 9.10. The van der Waals surface area contributed by atoms with Gasteiger partial charge in [0.05, 0.1) is 6.04 Å². The molecule has 0 aliphatic carbocycles. The highest BCUT2D eigenvalue weighted by Crippen LogP contribution is 2.36. The Morgan fingerprint density at radius 1 is 1.43 bits per heavy atom. The van der Waals surface area contributed by atoms with Gasteiger partial charge in [0.1, 0.15) is 0 Å². The van der Waals surface area contributed by atoms with Crippen LogP contribution < -0.4 is 0 Å². The van der Waals surface area contributed by atoms with Crippen LogP contribution in [0.4, 0.5) is 0 Å². The van der Waals surface area contributed by atoms with Gasteiger partial charge in [-0.05, 0) is 60.5 Å². The number of carbonyl (C=O) groups is 1. The molecule has 0 saturated carbocycles. The Hall–Kier alpha value is -1.13. The normalized spacial score (nSPS) is 17.7.